The zero-order valence-electron chi connectivity index (χ0n) is 16.9. The van der Waals surface area contributed by atoms with Crippen molar-refractivity contribution in [1.82, 2.24) is 14.8 Å². The Kier molecular flexibility index (Phi) is 5.38. The number of benzene rings is 2. The van der Waals surface area contributed by atoms with E-state index in [9.17, 15) is 13.2 Å². The van der Waals surface area contributed by atoms with Crippen molar-refractivity contribution in [2.24, 2.45) is 0 Å². The van der Waals surface area contributed by atoms with Gasteiger partial charge in [-0.1, -0.05) is 11.3 Å². The van der Waals surface area contributed by atoms with E-state index in [-0.39, 0.29) is 5.91 Å². The normalized spacial score (nSPS) is 11.5. The molecule has 4 aromatic rings. The fraction of sp³-hybridized carbons (Fsp3) is 0.150. The molecule has 1 amide bonds. The number of rotatable bonds is 6. The van der Waals surface area contributed by atoms with Crippen LogP contribution in [0.1, 0.15) is 16.1 Å². The minimum absolute atomic E-state index is 0.352. The molecule has 0 saturated carbocycles. The summed E-state index contributed by atoms with van der Waals surface area (Å²) in [5.41, 5.74) is 2.28. The van der Waals surface area contributed by atoms with Crippen LogP contribution in [-0.4, -0.2) is 42.5 Å². The van der Waals surface area contributed by atoms with E-state index >= 15 is 0 Å². The number of nitrogens with one attached hydrogen (secondary N) is 2. The smallest absolute Gasteiger partial charge is 0.256 e. The Morgan fingerprint density at radius 1 is 1.13 bits per heavy atom. The van der Waals surface area contributed by atoms with Crippen LogP contribution in [0.4, 0.5) is 11.5 Å². The molecule has 0 bridgehead atoms. The third kappa shape index (κ3) is 4.67. The minimum atomic E-state index is -3.38. The molecule has 0 radical (unpaired) electrons. The van der Waals surface area contributed by atoms with Gasteiger partial charge in [-0.25, -0.2) is 13.4 Å². The molecule has 0 atom stereocenters. The van der Waals surface area contributed by atoms with Gasteiger partial charge in [-0.05, 0) is 49.4 Å². The van der Waals surface area contributed by atoms with Crippen LogP contribution in [0.2, 0.25) is 0 Å². The first-order valence-corrected chi connectivity index (χ1v) is 11.8. The highest BCUT2D eigenvalue weighted by Crippen LogP contribution is 2.30. The van der Waals surface area contributed by atoms with Crippen LogP contribution in [0.3, 0.4) is 0 Å². The van der Waals surface area contributed by atoms with Gasteiger partial charge in [0, 0.05) is 17.3 Å². The number of anilines is 2. The average Bonchev–Trinajstić information content (AvgIpc) is 3.29. The van der Waals surface area contributed by atoms with Crippen molar-refractivity contribution >= 4 is 49.0 Å². The Morgan fingerprint density at radius 3 is 2.55 bits per heavy atom. The molecule has 160 valence electrons. The molecule has 0 aliphatic heterocycles. The minimum Gasteiger partial charge on any atom is -0.497 e. The average molecular weight is 458 g/mol. The lowest BCUT2D eigenvalue weighted by molar-refractivity contribution is 0.102. The molecule has 0 aliphatic carbocycles. The molecule has 11 heteroatoms. The van der Waals surface area contributed by atoms with E-state index in [2.05, 4.69) is 20.1 Å². The van der Waals surface area contributed by atoms with Crippen LogP contribution < -0.4 is 14.8 Å². The summed E-state index contributed by atoms with van der Waals surface area (Å²) in [4.78, 5) is 17.3. The fourth-order valence-corrected chi connectivity index (χ4v) is 4.46. The number of amides is 1. The second-order valence-corrected chi connectivity index (χ2v) is 9.58. The lowest BCUT2D eigenvalue weighted by Gasteiger charge is -2.08. The summed E-state index contributed by atoms with van der Waals surface area (Å²) in [6.45, 7) is 1.83. The van der Waals surface area contributed by atoms with Crippen molar-refractivity contribution in [2.75, 3.05) is 23.4 Å². The maximum absolute atomic E-state index is 12.7. The van der Waals surface area contributed by atoms with Gasteiger partial charge >= 0.3 is 0 Å². The molecule has 31 heavy (non-hydrogen) atoms. The first kappa shape index (κ1) is 20.8. The van der Waals surface area contributed by atoms with Gasteiger partial charge in [0.2, 0.25) is 15.2 Å². The molecule has 0 saturated heterocycles. The molecule has 4 rings (SSSR count). The number of aromatic nitrogens is 3. The number of hydrogen-bond acceptors (Lipinski definition) is 7. The van der Waals surface area contributed by atoms with Gasteiger partial charge in [0.1, 0.15) is 11.6 Å². The molecular formula is C20H19N5O4S2. The lowest BCUT2D eigenvalue weighted by atomic mass is 10.2. The highest BCUT2D eigenvalue weighted by molar-refractivity contribution is 7.92. The van der Waals surface area contributed by atoms with Crippen molar-refractivity contribution in [1.29, 1.82) is 0 Å². The summed E-state index contributed by atoms with van der Waals surface area (Å²) in [5, 5.41) is 7.92. The van der Waals surface area contributed by atoms with Crippen LogP contribution >= 0.6 is 11.3 Å². The van der Waals surface area contributed by atoms with E-state index in [0.29, 0.717) is 22.2 Å². The number of sulfonamides is 1. The third-order valence-electron chi connectivity index (χ3n) is 4.29. The van der Waals surface area contributed by atoms with Crippen molar-refractivity contribution in [3.8, 4) is 10.9 Å². The van der Waals surface area contributed by atoms with Gasteiger partial charge in [-0.2, -0.15) is 9.78 Å². The number of carbonyl (C=O) groups is 1. The number of carbonyl (C=O) groups excluding carboxylic acids is 1. The molecule has 0 fully saturated rings. The van der Waals surface area contributed by atoms with Crippen LogP contribution in [0.5, 0.6) is 5.75 Å². The van der Waals surface area contributed by atoms with Crippen LogP contribution in [0.15, 0.2) is 48.5 Å². The van der Waals surface area contributed by atoms with Crippen molar-refractivity contribution in [2.45, 2.75) is 6.92 Å². The molecule has 2 aromatic heterocycles. The maximum atomic E-state index is 12.7. The number of nitrogens with zero attached hydrogens (tertiary/aromatic N) is 3. The van der Waals surface area contributed by atoms with E-state index in [4.69, 9.17) is 4.74 Å². The van der Waals surface area contributed by atoms with Crippen LogP contribution in [-0.2, 0) is 10.0 Å². The monoisotopic (exact) mass is 457 g/mol. The molecule has 2 heterocycles. The Hall–Kier alpha value is -3.44. The topological polar surface area (TPSA) is 115 Å². The van der Waals surface area contributed by atoms with E-state index < -0.39 is 10.0 Å². The molecule has 9 nitrogen and oxygen atoms in total. The summed E-state index contributed by atoms with van der Waals surface area (Å²) in [5.74, 6) is 0.864. The Bertz CT molecular complexity index is 1370. The molecular weight excluding hydrogens is 438 g/mol. The zero-order chi connectivity index (χ0) is 22.2. The largest absolute Gasteiger partial charge is 0.497 e. The summed E-state index contributed by atoms with van der Waals surface area (Å²) < 4.78 is 32.8. The number of aryl methyl sites for hydroxylation is 1. The highest BCUT2D eigenvalue weighted by atomic mass is 32.2. The quantitative estimate of drug-likeness (QED) is 0.458. The number of methoxy groups -OCH3 is 1. The SMILES string of the molecule is COc1ccc2nc(-n3nc(C)cc3NC(=O)c3ccc(NS(C)(=O)=O)cc3)sc2c1. The zero-order valence-corrected chi connectivity index (χ0v) is 18.5. The number of thiazole rings is 1. The predicted octanol–water partition coefficient (Wildman–Crippen LogP) is 3.42. The molecule has 2 N–H and O–H groups in total. The van der Waals surface area contributed by atoms with Gasteiger partial charge in [-0.3, -0.25) is 9.52 Å². The van der Waals surface area contributed by atoms with Gasteiger partial charge in [0.05, 0.1) is 29.3 Å². The summed E-state index contributed by atoms with van der Waals surface area (Å²) in [7, 11) is -1.78. The predicted molar refractivity (Wildman–Crippen MR) is 121 cm³/mol. The lowest BCUT2D eigenvalue weighted by Crippen LogP contribution is -2.15. The second-order valence-electron chi connectivity index (χ2n) is 6.82. The highest BCUT2D eigenvalue weighted by Gasteiger charge is 2.16. The molecule has 0 aliphatic rings. The standard InChI is InChI=1S/C20H19N5O4S2/c1-12-10-18(22-19(26)13-4-6-14(7-5-13)24-31(3,27)28)25(23-12)20-21-16-9-8-15(29-2)11-17(16)30-20/h4-11,24H,1-3H3,(H,22,26). The number of hydrogen-bond donors (Lipinski definition) is 2. The number of fused-ring (bicyclic) bond motifs is 1. The Labute approximate surface area is 182 Å². The molecule has 0 spiro atoms. The number of ether oxygens (including phenoxy) is 1. The van der Waals surface area contributed by atoms with Gasteiger partial charge < -0.3 is 10.1 Å². The first-order valence-electron chi connectivity index (χ1n) is 9.13. The van der Waals surface area contributed by atoms with Crippen LogP contribution in [0, 0.1) is 6.92 Å². The Balaban J connectivity index is 1.59. The summed E-state index contributed by atoms with van der Waals surface area (Å²) in [6.07, 6.45) is 1.06. The van der Waals surface area contributed by atoms with Crippen LogP contribution in [0.25, 0.3) is 15.3 Å². The summed E-state index contributed by atoms with van der Waals surface area (Å²) >= 11 is 1.43. The fourth-order valence-electron chi connectivity index (χ4n) is 2.94. The van der Waals surface area contributed by atoms with Crippen molar-refractivity contribution in [3.05, 3.63) is 59.8 Å². The van der Waals surface area contributed by atoms with E-state index in [1.165, 1.54) is 23.5 Å². The molecule has 2 aromatic carbocycles. The Morgan fingerprint density at radius 2 is 1.87 bits per heavy atom. The van der Waals surface area contributed by atoms with Gasteiger partial charge in [0.25, 0.3) is 5.91 Å². The third-order valence-corrected chi connectivity index (χ3v) is 5.89. The molecule has 0 unspecified atom stereocenters. The summed E-state index contributed by atoms with van der Waals surface area (Å²) in [6, 6.07) is 13.5. The van der Waals surface area contributed by atoms with E-state index in [1.807, 2.05) is 25.1 Å². The van der Waals surface area contributed by atoms with Gasteiger partial charge in [0.15, 0.2) is 0 Å². The van der Waals surface area contributed by atoms with E-state index in [0.717, 1.165) is 27.9 Å². The first-order chi connectivity index (χ1) is 14.7. The van der Waals surface area contributed by atoms with E-state index in [1.54, 1.807) is 30.0 Å². The van der Waals surface area contributed by atoms with Gasteiger partial charge in [-0.15, -0.1) is 0 Å². The van der Waals surface area contributed by atoms with Crippen molar-refractivity contribution < 1.29 is 17.9 Å². The maximum Gasteiger partial charge on any atom is 0.256 e. The van der Waals surface area contributed by atoms with Crippen molar-refractivity contribution in [3.63, 3.8) is 0 Å². The second kappa shape index (κ2) is 8.00.